The van der Waals surface area contributed by atoms with Crippen LogP contribution in [0.4, 0.5) is 0 Å². The summed E-state index contributed by atoms with van der Waals surface area (Å²) in [5.41, 5.74) is -0.410. The van der Waals surface area contributed by atoms with Gasteiger partial charge in [0.2, 0.25) is 0 Å². The maximum Gasteiger partial charge on any atom is 0.274 e. The van der Waals surface area contributed by atoms with Crippen molar-refractivity contribution in [2.75, 3.05) is 0 Å². The Kier molecular flexibility index (Phi) is 2.20. The standard InChI is InChI=1S/C6H14N2O3S/c1-6(2)4(3-5(6)9)8-12(7,10)11/h4-5,8-9H,3H2,1-2H3,(H2,7,10,11). The highest BCUT2D eigenvalue weighted by molar-refractivity contribution is 7.87. The van der Waals surface area contributed by atoms with Gasteiger partial charge in [0.1, 0.15) is 0 Å². The van der Waals surface area contributed by atoms with E-state index in [0.717, 1.165) is 0 Å². The first-order valence-corrected chi connectivity index (χ1v) is 5.26. The van der Waals surface area contributed by atoms with Gasteiger partial charge in [-0.3, -0.25) is 0 Å². The number of hydrogen-bond donors (Lipinski definition) is 3. The van der Waals surface area contributed by atoms with E-state index in [1.54, 1.807) is 13.8 Å². The fraction of sp³-hybridized carbons (Fsp3) is 1.00. The Morgan fingerprint density at radius 1 is 1.58 bits per heavy atom. The molecule has 0 aromatic heterocycles. The molecule has 2 unspecified atom stereocenters. The van der Waals surface area contributed by atoms with E-state index in [2.05, 4.69) is 4.72 Å². The van der Waals surface area contributed by atoms with Crippen LogP contribution in [0.5, 0.6) is 0 Å². The van der Waals surface area contributed by atoms with Gasteiger partial charge in [-0.25, -0.2) is 5.14 Å². The molecular formula is C6H14N2O3S. The van der Waals surface area contributed by atoms with E-state index >= 15 is 0 Å². The summed E-state index contributed by atoms with van der Waals surface area (Å²) in [4.78, 5) is 0. The van der Waals surface area contributed by atoms with Crippen LogP contribution in [0.15, 0.2) is 0 Å². The third kappa shape index (κ3) is 1.77. The zero-order chi connectivity index (χ0) is 9.57. The molecule has 0 aromatic carbocycles. The van der Waals surface area contributed by atoms with Crippen molar-refractivity contribution in [1.29, 1.82) is 0 Å². The van der Waals surface area contributed by atoms with Crippen LogP contribution >= 0.6 is 0 Å². The fourth-order valence-corrected chi connectivity index (χ4v) is 2.10. The Hall–Kier alpha value is -0.170. The number of aliphatic hydroxyl groups is 1. The number of nitrogens with one attached hydrogen (secondary N) is 1. The molecule has 5 nitrogen and oxygen atoms in total. The van der Waals surface area contributed by atoms with E-state index in [4.69, 9.17) is 5.14 Å². The van der Waals surface area contributed by atoms with E-state index in [0.29, 0.717) is 6.42 Å². The summed E-state index contributed by atoms with van der Waals surface area (Å²) in [6, 6.07) is -0.248. The Balaban J connectivity index is 2.60. The molecule has 1 fully saturated rings. The van der Waals surface area contributed by atoms with Crippen LogP contribution in [0.2, 0.25) is 0 Å². The Labute approximate surface area is 72.1 Å². The summed E-state index contributed by atoms with van der Waals surface area (Å²) in [7, 11) is -3.64. The zero-order valence-corrected chi connectivity index (χ0v) is 7.93. The van der Waals surface area contributed by atoms with Crippen molar-refractivity contribution >= 4 is 10.2 Å². The van der Waals surface area contributed by atoms with Crippen molar-refractivity contribution in [3.05, 3.63) is 0 Å². The highest BCUT2D eigenvalue weighted by Crippen LogP contribution is 2.40. The topological polar surface area (TPSA) is 92.4 Å². The summed E-state index contributed by atoms with van der Waals surface area (Å²) >= 11 is 0. The quantitative estimate of drug-likeness (QED) is 0.523. The third-order valence-electron chi connectivity index (χ3n) is 2.52. The molecule has 0 heterocycles. The number of rotatable bonds is 2. The van der Waals surface area contributed by atoms with Gasteiger partial charge in [-0.1, -0.05) is 13.8 Å². The third-order valence-corrected chi connectivity index (χ3v) is 3.14. The molecule has 1 aliphatic rings. The highest BCUT2D eigenvalue weighted by atomic mass is 32.2. The second kappa shape index (κ2) is 2.66. The molecule has 0 aliphatic heterocycles. The second-order valence-corrected chi connectivity index (χ2v) is 5.11. The first-order valence-electron chi connectivity index (χ1n) is 3.71. The molecule has 4 N–H and O–H groups in total. The molecule has 12 heavy (non-hydrogen) atoms. The molecule has 1 saturated carbocycles. The minimum atomic E-state index is -3.64. The Bertz CT molecular complexity index is 273. The van der Waals surface area contributed by atoms with Crippen molar-refractivity contribution in [3.8, 4) is 0 Å². The van der Waals surface area contributed by atoms with Gasteiger partial charge in [-0.2, -0.15) is 13.1 Å². The molecule has 1 aliphatic carbocycles. The molecule has 0 amide bonds. The number of hydrogen-bond acceptors (Lipinski definition) is 3. The van der Waals surface area contributed by atoms with Gasteiger partial charge < -0.3 is 5.11 Å². The largest absolute Gasteiger partial charge is 0.392 e. The van der Waals surface area contributed by atoms with E-state index in [9.17, 15) is 13.5 Å². The lowest BCUT2D eigenvalue weighted by Crippen LogP contribution is -2.61. The Morgan fingerprint density at radius 2 is 2.08 bits per heavy atom. The Morgan fingerprint density at radius 3 is 2.33 bits per heavy atom. The minimum absolute atomic E-state index is 0.248. The van der Waals surface area contributed by atoms with Crippen molar-refractivity contribution in [3.63, 3.8) is 0 Å². The smallest absolute Gasteiger partial charge is 0.274 e. The predicted molar refractivity (Wildman–Crippen MR) is 44.4 cm³/mol. The van der Waals surface area contributed by atoms with E-state index in [-0.39, 0.29) is 6.04 Å². The van der Waals surface area contributed by atoms with Gasteiger partial charge in [0, 0.05) is 11.5 Å². The fourth-order valence-electron chi connectivity index (χ4n) is 1.30. The van der Waals surface area contributed by atoms with E-state index in [1.165, 1.54) is 0 Å². The van der Waals surface area contributed by atoms with Crippen LogP contribution in [-0.4, -0.2) is 25.7 Å². The molecule has 72 valence electrons. The highest BCUT2D eigenvalue weighted by Gasteiger charge is 2.48. The van der Waals surface area contributed by atoms with Crippen molar-refractivity contribution < 1.29 is 13.5 Å². The van der Waals surface area contributed by atoms with Crippen LogP contribution in [0.1, 0.15) is 20.3 Å². The van der Waals surface area contributed by atoms with Crippen molar-refractivity contribution in [1.82, 2.24) is 4.72 Å². The number of aliphatic hydroxyl groups excluding tert-OH is 1. The molecule has 6 heteroatoms. The normalized spacial score (nSPS) is 34.3. The van der Waals surface area contributed by atoms with Crippen LogP contribution in [0.3, 0.4) is 0 Å². The summed E-state index contributed by atoms with van der Waals surface area (Å²) in [5, 5.41) is 14.1. The van der Waals surface area contributed by atoms with Crippen LogP contribution in [0, 0.1) is 5.41 Å². The monoisotopic (exact) mass is 194 g/mol. The molecule has 2 atom stereocenters. The minimum Gasteiger partial charge on any atom is -0.392 e. The van der Waals surface area contributed by atoms with Crippen LogP contribution in [-0.2, 0) is 10.2 Å². The molecule has 0 radical (unpaired) electrons. The van der Waals surface area contributed by atoms with Crippen molar-refractivity contribution in [2.45, 2.75) is 32.4 Å². The predicted octanol–water partition coefficient (Wildman–Crippen LogP) is -1.06. The van der Waals surface area contributed by atoms with Gasteiger partial charge >= 0.3 is 0 Å². The maximum atomic E-state index is 10.6. The SMILES string of the molecule is CC1(C)C(O)CC1NS(N)(=O)=O. The van der Waals surface area contributed by atoms with Gasteiger partial charge in [0.05, 0.1) is 6.10 Å². The van der Waals surface area contributed by atoms with Crippen LogP contribution < -0.4 is 9.86 Å². The maximum absolute atomic E-state index is 10.6. The second-order valence-electron chi connectivity index (χ2n) is 3.79. The summed E-state index contributed by atoms with van der Waals surface area (Å²) in [6.45, 7) is 3.59. The molecule has 0 bridgehead atoms. The van der Waals surface area contributed by atoms with Crippen molar-refractivity contribution in [2.24, 2.45) is 10.6 Å². The average molecular weight is 194 g/mol. The van der Waals surface area contributed by atoms with Gasteiger partial charge in [-0.15, -0.1) is 0 Å². The first-order chi connectivity index (χ1) is 5.23. The molecule has 0 aromatic rings. The zero-order valence-electron chi connectivity index (χ0n) is 7.11. The lowest BCUT2D eigenvalue weighted by atomic mass is 9.65. The molecule has 0 spiro atoms. The average Bonchev–Trinajstić information content (AvgIpc) is 1.84. The molecule has 0 saturated heterocycles. The summed E-state index contributed by atoms with van der Waals surface area (Å²) < 4.78 is 23.5. The summed E-state index contributed by atoms with van der Waals surface area (Å²) in [5.74, 6) is 0. The lowest BCUT2D eigenvalue weighted by molar-refractivity contribution is -0.0645. The lowest BCUT2D eigenvalue weighted by Gasteiger charge is -2.48. The van der Waals surface area contributed by atoms with E-state index < -0.39 is 21.7 Å². The van der Waals surface area contributed by atoms with Crippen LogP contribution in [0.25, 0.3) is 0 Å². The first kappa shape index (κ1) is 9.91. The number of nitrogens with two attached hydrogens (primary N) is 1. The molecular weight excluding hydrogens is 180 g/mol. The van der Waals surface area contributed by atoms with Gasteiger partial charge in [0.25, 0.3) is 10.2 Å². The van der Waals surface area contributed by atoms with Gasteiger partial charge in [0.15, 0.2) is 0 Å². The summed E-state index contributed by atoms with van der Waals surface area (Å²) in [6.07, 6.45) is -0.0135. The molecule has 1 rings (SSSR count). The van der Waals surface area contributed by atoms with E-state index in [1.807, 2.05) is 0 Å². The van der Waals surface area contributed by atoms with Gasteiger partial charge in [-0.05, 0) is 6.42 Å².